The highest BCUT2D eigenvalue weighted by molar-refractivity contribution is 7.98. The van der Waals surface area contributed by atoms with Gasteiger partial charge < -0.3 is 15.7 Å². The first-order valence-electron chi connectivity index (χ1n) is 4.99. The van der Waals surface area contributed by atoms with Gasteiger partial charge >= 0.3 is 5.97 Å². The van der Waals surface area contributed by atoms with E-state index >= 15 is 0 Å². The van der Waals surface area contributed by atoms with Crippen LogP contribution >= 0.6 is 11.8 Å². The van der Waals surface area contributed by atoms with Crippen LogP contribution in [0.3, 0.4) is 0 Å². The van der Waals surface area contributed by atoms with E-state index < -0.39 is 11.8 Å². The molecule has 0 bridgehead atoms. The Hall–Kier alpha value is -1.43. The largest absolute Gasteiger partial charge is 0.478 e. The number of carboxylic acids is 1. The van der Waals surface area contributed by atoms with Gasteiger partial charge in [0.05, 0.1) is 11.3 Å². The Morgan fingerprint density at radius 1 is 1.59 bits per heavy atom. The monoisotopic (exact) mass is 258 g/mol. The molecule has 0 aromatic heterocycles. The number of carbonyl (C=O) groups is 1. The van der Waals surface area contributed by atoms with Gasteiger partial charge in [0.1, 0.15) is 5.82 Å². The highest BCUT2D eigenvalue weighted by Gasteiger charge is 2.15. The van der Waals surface area contributed by atoms with Crippen molar-refractivity contribution >= 4 is 29.1 Å². The van der Waals surface area contributed by atoms with E-state index in [1.54, 1.807) is 23.7 Å². The van der Waals surface area contributed by atoms with E-state index in [1.807, 2.05) is 6.26 Å². The summed E-state index contributed by atoms with van der Waals surface area (Å²) in [4.78, 5) is 12.6. The van der Waals surface area contributed by atoms with E-state index in [9.17, 15) is 9.18 Å². The molecule has 0 amide bonds. The second-order valence-electron chi connectivity index (χ2n) is 3.61. The Kier molecular flexibility index (Phi) is 4.62. The summed E-state index contributed by atoms with van der Waals surface area (Å²) in [6.45, 7) is 0.640. The zero-order valence-electron chi connectivity index (χ0n) is 9.74. The fraction of sp³-hybridized carbons (Fsp3) is 0.364. The van der Waals surface area contributed by atoms with Crippen molar-refractivity contribution in [2.24, 2.45) is 0 Å². The molecule has 0 aliphatic rings. The van der Waals surface area contributed by atoms with Crippen molar-refractivity contribution in [2.75, 3.05) is 36.2 Å². The second kappa shape index (κ2) is 5.77. The fourth-order valence-corrected chi connectivity index (χ4v) is 1.86. The molecule has 0 saturated carbocycles. The number of hydrogen-bond donors (Lipinski definition) is 2. The van der Waals surface area contributed by atoms with E-state index in [2.05, 4.69) is 0 Å². The summed E-state index contributed by atoms with van der Waals surface area (Å²) >= 11 is 1.64. The number of nitrogen functional groups attached to an aromatic ring is 1. The van der Waals surface area contributed by atoms with Gasteiger partial charge in [-0.1, -0.05) is 0 Å². The lowest BCUT2D eigenvalue weighted by molar-refractivity contribution is 0.0698. The molecular formula is C11H15FN2O2S. The normalized spacial score (nSPS) is 10.3. The maximum Gasteiger partial charge on any atom is 0.337 e. The van der Waals surface area contributed by atoms with Gasteiger partial charge in [0, 0.05) is 25.0 Å². The highest BCUT2D eigenvalue weighted by Crippen LogP contribution is 2.25. The number of hydrogen-bond acceptors (Lipinski definition) is 4. The number of benzene rings is 1. The molecule has 0 unspecified atom stereocenters. The zero-order chi connectivity index (χ0) is 13.0. The van der Waals surface area contributed by atoms with Crippen LogP contribution in [0.1, 0.15) is 10.4 Å². The van der Waals surface area contributed by atoms with Crippen LogP contribution in [0.2, 0.25) is 0 Å². The molecule has 1 aromatic rings. The van der Waals surface area contributed by atoms with Crippen LogP contribution in [0.25, 0.3) is 0 Å². The SMILES string of the molecule is CSCCN(C)c1cc(C(=O)O)c(N)cc1F. The van der Waals surface area contributed by atoms with Crippen molar-refractivity contribution < 1.29 is 14.3 Å². The van der Waals surface area contributed by atoms with Crippen molar-refractivity contribution in [3.63, 3.8) is 0 Å². The fourth-order valence-electron chi connectivity index (χ4n) is 1.40. The summed E-state index contributed by atoms with van der Waals surface area (Å²) in [6.07, 6.45) is 1.95. The average molecular weight is 258 g/mol. The molecule has 0 atom stereocenters. The van der Waals surface area contributed by atoms with E-state index in [1.165, 1.54) is 6.07 Å². The molecule has 0 radical (unpaired) electrons. The van der Waals surface area contributed by atoms with E-state index in [-0.39, 0.29) is 16.9 Å². The highest BCUT2D eigenvalue weighted by atomic mass is 32.2. The maximum atomic E-state index is 13.7. The molecule has 6 heteroatoms. The van der Waals surface area contributed by atoms with Gasteiger partial charge in [-0.15, -0.1) is 0 Å². The molecule has 0 aliphatic carbocycles. The van der Waals surface area contributed by atoms with Gasteiger partial charge in [0.2, 0.25) is 0 Å². The molecule has 0 spiro atoms. The summed E-state index contributed by atoms with van der Waals surface area (Å²) < 4.78 is 13.7. The van der Waals surface area contributed by atoms with Crippen LogP contribution in [0, 0.1) is 5.82 Å². The molecule has 17 heavy (non-hydrogen) atoms. The minimum atomic E-state index is -1.15. The molecule has 3 N–H and O–H groups in total. The van der Waals surface area contributed by atoms with Crippen molar-refractivity contribution in [1.82, 2.24) is 0 Å². The third-order valence-corrected chi connectivity index (χ3v) is 2.98. The smallest absolute Gasteiger partial charge is 0.337 e. The van der Waals surface area contributed by atoms with Crippen molar-refractivity contribution in [1.29, 1.82) is 0 Å². The molecular weight excluding hydrogens is 243 g/mol. The molecule has 0 fully saturated rings. The Labute approximate surface area is 104 Å². The molecule has 1 aromatic carbocycles. The van der Waals surface area contributed by atoms with Gasteiger partial charge in [-0.3, -0.25) is 0 Å². The van der Waals surface area contributed by atoms with Crippen LogP contribution in [-0.2, 0) is 0 Å². The number of carboxylic acid groups (broad SMARTS) is 1. The maximum absolute atomic E-state index is 13.7. The lowest BCUT2D eigenvalue weighted by atomic mass is 10.1. The second-order valence-corrected chi connectivity index (χ2v) is 4.60. The molecule has 94 valence electrons. The Morgan fingerprint density at radius 2 is 2.24 bits per heavy atom. The first-order valence-corrected chi connectivity index (χ1v) is 6.39. The number of rotatable bonds is 5. The van der Waals surface area contributed by atoms with Gasteiger partial charge in [0.25, 0.3) is 0 Å². The molecule has 1 rings (SSSR count). The molecule has 0 saturated heterocycles. The minimum absolute atomic E-state index is 0.0583. The van der Waals surface area contributed by atoms with Crippen LogP contribution in [0.4, 0.5) is 15.8 Å². The van der Waals surface area contributed by atoms with Crippen LogP contribution in [-0.4, -0.2) is 36.7 Å². The molecule has 4 nitrogen and oxygen atoms in total. The van der Waals surface area contributed by atoms with Crippen molar-refractivity contribution in [3.05, 3.63) is 23.5 Å². The van der Waals surface area contributed by atoms with E-state index in [0.717, 1.165) is 11.8 Å². The predicted molar refractivity (Wildman–Crippen MR) is 69.4 cm³/mol. The lowest BCUT2D eigenvalue weighted by Gasteiger charge is -2.20. The van der Waals surface area contributed by atoms with Crippen LogP contribution in [0.15, 0.2) is 12.1 Å². The van der Waals surface area contributed by atoms with Crippen LogP contribution in [0.5, 0.6) is 0 Å². The number of nitrogens with two attached hydrogens (primary N) is 1. The summed E-state index contributed by atoms with van der Waals surface area (Å²) in [6, 6.07) is 2.32. The van der Waals surface area contributed by atoms with E-state index in [4.69, 9.17) is 10.8 Å². The third-order valence-electron chi connectivity index (χ3n) is 2.39. The van der Waals surface area contributed by atoms with Gasteiger partial charge in [-0.2, -0.15) is 11.8 Å². The minimum Gasteiger partial charge on any atom is -0.478 e. The van der Waals surface area contributed by atoms with Crippen molar-refractivity contribution in [2.45, 2.75) is 0 Å². The van der Waals surface area contributed by atoms with Crippen molar-refractivity contribution in [3.8, 4) is 0 Å². The molecule has 0 aliphatic heterocycles. The quantitative estimate of drug-likeness (QED) is 0.790. The average Bonchev–Trinajstić information content (AvgIpc) is 2.25. The van der Waals surface area contributed by atoms with E-state index in [0.29, 0.717) is 6.54 Å². The number of aromatic carboxylic acids is 1. The number of thioether (sulfide) groups is 1. The van der Waals surface area contributed by atoms with Crippen LogP contribution < -0.4 is 10.6 Å². The topological polar surface area (TPSA) is 66.6 Å². The zero-order valence-corrected chi connectivity index (χ0v) is 10.6. The summed E-state index contributed by atoms with van der Waals surface area (Å²) in [7, 11) is 1.72. The standard InChI is InChI=1S/C11H15FN2O2S/c1-14(3-4-17-2)10-5-7(11(15)16)9(13)6-8(10)12/h5-6H,3-4,13H2,1-2H3,(H,15,16). The summed E-state index contributed by atoms with van der Waals surface area (Å²) in [5.41, 5.74) is 5.57. The third kappa shape index (κ3) is 3.26. The Balaban J connectivity index is 3.06. The summed E-state index contributed by atoms with van der Waals surface area (Å²) in [5.74, 6) is -0.818. The first-order chi connectivity index (χ1) is 7.97. The Morgan fingerprint density at radius 3 is 2.76 bits per heavy atom. The van der Waals surface area contributed by atoms with Gasteiger partial charge in [0.15, 0.2) is 0 Å². The lowest BCUT2D eigenvalue weighted by Crippen LogP contribution is -2.22. The first kappa shape index (κ1) is 13.6. The predicted octanol–water partition coefficient (Wildman–Crippen LogP) is 1.91. The summed E-state index contributed by atoms with van der Waals surface area (Å²) in [5, 5.41) is 8.91. The van der Waals surface area contributed by atoms with Gasteiger partial charge in [-0.25, -0.2) is 9.18 Å². The number of halogens is 1. The molecule has 0 heterocycles. The number of anilines is 2. The Bertz CT molecular complexity index is 426. The number of nitrogens with zero attached hydrogens (tertiary/aromatic N) is 1. The van der Waals surface area contributed by atoms with Gasteiger partial charge in [-0.05, 0) is 18.4 Å².